The Hall–Kier alpha value is -2.82. The number of aryl methyl sites for hydroxylation is 1. The van der Waals surface area contributed by atoms with E-state index in [2.05, 4.69) is 24.5 Å². The minimum atomic E-state index is -0.359. The molecule has 0 saturated heterocycles. The molecule has 2 amide bonds. The molecular weight excluding hydrogens is 316 g/mol. The van der Waals surface area contributed by atoms with E-state index in [1.165, 1.54) is 0 Å². The van der Waals surface area contributed by atoms with Crippen molar-refractivity contribution in [2.75, 3.05) is 17.7 Å². The van der Waals surface area contributed by atoms with Crippen LogP contribution >= 0.6 is 0 Å². The molecule has 0 radical (unpaired) electrons. The normalized spacial score (nSPS) is 10.4. The standard InChI is InChI=1S/C20H24N2O3/c1-13(2)17-7-5-6-14(3)20(17)22-19(24)12-18(23)21-15-8-10-16(25-4)11-9-15/h5-11,13H,12H2,1-4H3,(H,21,23)(H,22,24). The Morgan fingerprint density at radius 2 is 1.64 bits per heavy atom. The molecule has 0 unspecified atom stereocenters. The Morgan fingerprint density at radius 1 is 1.00 bits per heavy atom. The molecule has 0 fully saturated rings. The molecule has 0 bridgehead atoms. The fourth-order valence-electron chi connectivity index (χ4n) is 2.55. The molecule has 0 saturated carbocycles. The topological polar surface area (TPSA) is 67.4 Å². The maximum absolute atomic E-state index is 12.2. The average Bonchev–Trinajstić information content (AvgIpc) is 2.57. The Labute approximate surface area is 148 Å². The van der Waals surface area contributed by atoms with Crippen molar-refractivity contribution in [3.8, 4) is 5.75 Å². The van der Waals surface area contributed by atoms with Gasteiger partial charge in [-0.05, 0) is 48.2 Å². The van der Waals surface area contributed by atoms with Crippen LogP contribution < -0.4 is 15.4 Å². The molecule has 5 heteroatoms. The molecule has 2 aromatic rings. The smallest absolute Gasteiger partial charge is 0.233 e. The molecule has 0 atom stereocenters. The number of carbonyl (C=O) groups is 2. The van der Waals surface area contributed by atoms with E-state index in [1.807, 2.05) is 25.1 Å². The second kappa shape index (κ2) is 8.33. The van der Waals surface area contributed by atoms with Gasteiger partial charge in [0.15, 0.2) is 0 Å². The summed E-state index contributed by atoms with van der Waals surface area (Å²) in [6.45, 7) is 6.08. The first-order valence-electron chi connectivity index (χ1n) is 8.24. The van der Waals surface area contributed by atoms with Gasteiger partial charge in [-0.2, -0.15) is 0 Å². The fraction of sp³-hybridized carbons (Fsp3) is 0.300. The Morgan fingerprint density at radius 3 is 2.24 bits per heavy atom. The van der Waals surface area contributed by atoms with E-state index in [0.29, 0.717) is 11.4 Å². The van der Waals surface area contributed by atoms with Crippen LogP contribution in [-0.4, -0.2) is 18.9 Å². The van der Waals surface area contributed by atoms with Gasteiger partial charge >= 0.3 is 0 Å². The molecule has 0 aromatic heterocycles. The molecular formula is C20H24N2O3. The number of methoxy groups -OCH3 is 1. The number of carbonyl (C=O) groups excluding carboxylic acids is 2. The second-order valence-electron chi connectivity index (χ2n) is 6.20. The lowest BCUT2D eigenvalue weighted by Crippen LogP contribution is -2.22. The summed E-state index contributed by atoms with van der Waals surface area (Å²) in [7, 11) is 1.58. The van der Waals surface area contributed by atoms with Gasteiger partial charge in [0.05, 0.1) is 7.11 Å². The van der Waals surface area contributed by atoms with Gasteiger partial charge in [0.25, 0.3) is 0 Å². The van der Waals surface area contributed by atoms with Gasteiger partial charge in [-0.3, -0.25) is 9.59 Å². The Kier molecular flexibility index (Phi) is 6.17. The summed E-state index contributed by atoms with van der Waals surface area (Å²) < 4.78 is 5.07. The summed E-state index contributed by atoms with van der Waals surface area (Å²) in [4.78, 5) is 24.3. The third kappa shape index (κ3) is 5.08. The van der Waals surface area contributed by atoms with Crippen LogP contribution in [0.5, 0.6) is 5.75 Å². The van der Waals surface area contributed by atoms with Crippen molar-refractivity contribution >= 4 is 23.2 Å². The molecule has 2 aromatic carbocycles. The number of hydrogen-bond donors (Lipinski definition) is 2. The summed E-state index contributed by atoms with van der Waals surface area (Å²) in [6, 6.07) is 12.9. The first-order chi connectivity index (χ1) is 11.9. The van der Waals surface area contributed by atoms with E-state index in [0.717, 1.165) is 16.8 Å². The monoisotopic (exact) mass is 340 g/mol. The van der Waals surface area contributed by atoms with Crippen LogP contribution in [0.25, 0.3) is 0 Å². The SMILES string of the molecule is COc1ccc(NC(=O)CC(=O)Nc2c(C)cccc2C(C)C)cc1. The zero-order valence-electron chi connectivity index (χ0n) is 15.1. The van der Waals surface area contributed by atoms with Gasteiger partial charge in [-0.1, -0.05) is 32.0 Å². The van der Waals surface area contributed by atoms with Crippen molar-refractivity contribution in [3.05, 3.63) is 53.6 Å². The zero-order valence-corrected chi connectivity index (χ0v) is 15.1. The van der Waals surface area contributed by atoms with Gasteiger partial charge in [-0.25, -0.2) is 0 Å². The van der Waals surface area contributed by atoms with E-state index in [-0.39, 0.29) is 24.2 Å². The molecule has 5 nitrogen and oxygen atoms in total. The summed E-state index contributed by atoms with van der Waals surface area (Å²) in [5.41, 5.74) is 3.45. The van der Waals surface area contributed by atoms with E-state index >= 15 is 0 Å². The maximum Gasteiger partial charge on any atom is 0.233 e. The number of hydrogen-bond acceptors (Lipinski definition) is 3. The van der Waals surface area contributed by atoms with Gasteiger partial charge in [0.2, 0.25) is 11.8 Å². The van der Waals surface area contributed by atoms with Crippen LogP contribution in [-0.2, 0) is 9.59 Å². The molecule has 2 N–H and O–H groups in total. The number of rotatable bonds is 6. The van der Waals surface area contributed by atoms with Gasteiger partial charge < -0.3 is 15.4 Å². The largest absolute Gasteiger partial charge is 0.497 e. The third-order valence-corrected chi connectivity index (χ3v) is 3.89. The number of anilines is 2. The van der Waals surface area contributed by atoms with Crippen molar-refractivity contribution in [2.24, 2.45) is 0 Å². The van der Waals surface area contributed by atoms with E-state index in [1.54, 1.807) is 31.4 Å². The predicted octanol–water partition coefficient (Wildman–Crippen LogP) is 4.09. The molecule has 0 aliphatic rings. The molecule has 0 aliphatic carbocycles. The average molecular weight is 340 g/mol. The lowest BCUT2D eigenvalue weighted by Gasteiger charge is -2.16. The van der Waals surface area contributed by atoms with Crippen molar-refractivity contribution in [3.63, 3.8) is 0 Å². The molecule has 0 heterocycles. The molecule has 0 spiro atoms. The highest BCUT2D eigenvalue weighted by Crippen LogP contribution is 2.27. The van der Waals surface area contributed by atoms with Crippen LogP contribution in [0, 0.1) is 6.92 Å². The predicted molar refractivity (Wildman–Crippen MR) is 100 cm³/mol. The summed E-state index contributed by atoms with van der Waals surface area (Å²) in [6.07, 6.45) is -0.238. The van der Waals surface area contributed by atoms with Crippen molar-refractivity contribution in [1.29, 1.82) is 0 Å². The van der Waals surface area contributed by atoms with Crippen molar-refractivity contribution < 1.29 is 14.3 Å². The number of ether oxygens (including phenoxy) is 1. The molecule has 25 heavy (non-hydrogen) atoms. The van der Waals surface area contributed by atoms with Crippen molar-refractivity contribution in [2.45, 2.75) is 33.1 Å². The lowest BCUT2D eigenvalue weighted by molar-refractivity contribution is -0.123. The van der Waals surface area contributed by atoms with Gasteiger partial charge in [0.1, 0.15) is 12.2 Å². The van der Waals surface area contributed by atoms with Crippen LogP contribution in [0.4, 0.5) is 11.4 Å². The van der Waals surface area contributed by atoms with Gasteiger partial charge in [-0.15, -0.1) is 0 Å². The highest BCUT2D eigenvalue weighted by molar-refractivity contribution is 6.08. The third-order valence-electron chi connectivity index (χ3n) is 3.89. The van der Waals surface area contributed by atoms with Crippen molar-refractivity contribution in [1.82, 2.24) is 0 Å². The van der Waals surface area contributed by atoms with Crippen LogP contribution in [0.2, 0.25) is 0 Å². The summed E-state index contributed by atoms with van der Waals surface area (Å²) in [5, 5.41) is 5.58. The number of para-hydroxylation sites is 1. The van der Waals surface area contributed by atoms with E-state index < -0.39 is 0 Å². The molecule has 2 rings (SSSR count). The van der Waals surface area contributed by atoms with Crippen LogP contribution in [0.1, 0.15) is 37.3 Å². The Bertz CT molecular complexity index is 752. The van der Waals surface area contributed by atoms with Crippen LogP contribution in [0.3, 0.4) is 0 Å². The summed E-state index contributed by atoms with van der Waals surface area (Å²) in [5.74, 6) is 0.296. The van der Waals surface area contributed by atoms with E-state index in [9.17, 15) is 9.59 Å². The fourth-order valence-corrected chi connectivity index (χ4v) is 2.55. The molecule has 132 valence electrons. The highest BCUT2D eigenvalue weighted by atomic mass is 16.5. The van der Waals surface area contributed by atoms with Gasteiger partial charge in [0, 0.05) is 11.4 Å². The van der Waals surface area contributed by atoms with E-state index in [4.69, 9.17) is 4.74 Å². The lowest BCUT2D eigenvalue weighted by atomic mass is 9.98. The summed E-state index contributed by atoms with van der Waals surface area (Å²) >= 11 is 0. The quantitative estimate of drug-likeness (QED) is 0.778. The highest BCUT2D eigenvalue weighted by Gasteiger charge is 2.14. The second-order valence-corrected chi connectivity index (χ2v) is 6.20. The van der Waals surface area contributed by atoms with Crippen LogP contribution in [0.15, 0.2) is 42.5 Å². The first kappa shape index (κ1) is 18.5. The first-order valence-corrected chi connectivity index (χ1v) is 8.24. The number of amides is 2. The zero-order chi connectivity index (χ0) is 18.4. The minimum absolute atomic E-state index is 0.238. The Balaban J connectivity index is 1.99. The molecule has 0 aliphatic heterocycles. The maximum atomic E-state index is 12.2. The number of nitrogens with one attached hydrogen (secondary N) is 2. The number of benzene rings is 2. The minimum Gasteiger partial charge on any atom is -0.497 e.